The van der Waals surface area contributed by atoms with Crippen molar-refractivity contribution in [3.63, 3.8) is 0 Å². The van der Waals surface area contributed by atoms with Crippen LogP contribution in [0.1, 0.15) is 17.2 Å². The molecule has 108 valence electrons. The summed E-state index contributed by atoms with van der Waals surface area (Å²) in [5, 5.41) is 1.11. The Morgan fingerprint density at radius 2 is 2.05 bits per heavy atom. The lowest BCUT2D eigenvalue weighted by atomic mass is 9.99. The summed E-state index contributed by atoms with van der Waals surface area (Å²) in [5.41, 5.74) is 5.32. The van der Waals surface area contributed by atoms with Crippen molar-refractivity contribution in [2.24, 2.45) is 5.84 Å². The second-order valence-corrected chi connectivity index (χ2v) is 5.27. The summed E-state index contributed by atoms with van der Waals surface area (Å²) in [5.74, 6) is 5.23. The van der Waals surface area contributed by atoms with Gasteiger partial charge in [-0.1, -0.05) is 35.9 Å². The fourth-order valence-corrected chi connectivity index (χ4v) is 2.55. The van der Waals surface area contributed by atoms with Crippen LogP contribution in [0.5, 0.6) is 0 Å². The molecule has 0 saturated carbocycles. The van der Waals surface area contributed by atoms with E-state index >= 15 is 0 Å². The number of furan rings is 1. The second kappa shape index (κ2) is 5.85. The van der Waals surface area contributed by atoms with Crippen LogP contribution in [0.15, 0.2) is 53.1 Å². The van der Waals surface area contributed by atoms with E-state index in [0.717, 1.165) is 22.1 Å². The SMILES string of the molecule is NNC(Cc1ccc(Cl)c(F)c1)c1coc2ccccc12. The van der Waals surface area contributed by atoms with Crippen molar-refractivity contribution in [1.29, 1.82) is 0 Å². The molecule has 1 heterocycles. The number of nitrogens with two attached hydrogens (primary N) is 1. The Kier molecular flexibility index (Phi) is 3.92. The Balaban J connectivity index is 1.93. The molecule has 3 N–H and O–H groups in total. The lowest BCUT2D eigenvalue weighted by Gasteiger charge is -2.15. The minimum atomic E-state index is -0.429. The predicted molar refractivity (Wildman–Crippen MR) is 81.4 cm³/mol. The number of nitrogens with one attached hydrogen (secondary N) is 1. The van der Waals surface area contributed by atoms with Crippen molar-refractivity contribution in [3.8, 4) is 0 Å². The minimum Gasteiger partial charge on any atom is -0.464 e. The number of hydrogen-bond donors (Lipinski definition) is 2. The number of hydrogen-bond acceptors (Lipinski definition) is 3. The van der Waals surface area contributed by atoms with E-state index in [1.54, 1.807) is 18.4 Å². The van der Waals surface area contributed by atoms with E-state index in [1.807, 2.05) is 24.3 Å². The maximum Gasteiger partial charge on any atom is 0.142 e. The Morgan fingerprint density at radius 3 is 2.81 bits per heavy atom. The van der Waals surface area contributed by atoms with Crippen LogP contribution in [0.4, 0.5) is 4.39 Å². The average molecular weight is 305 g/mol. The minimum absolute atomic E-state index is 0.116. The van der Waals surface area contributed by atoms with Crippen LogP contribution in [-0.2, 0) is 6.42 Å². The molecule has 1 aromatic heterocycles. The van der Waals surface area contributed by atoms with Crippen LogP contribution in [0.2, 0.25) is 5.02 Å². The molecular formula is C16H14ClFN2O. The van der Waals surface area contributed by atoms with Crippen molar-refractivity contribution < 1.29 is 8.81 Å². The lowest BCUT2D eigenvalue weighted by Crippen LogP contribution is -2.29. The quantitative estimate of drug-likeness (QED) is 0.566. The molecule has 0 aliphatic rings. The highest BCUT2D eigenvalue weighted by Crippen LogP contribution is 2.28. The van der Waals surface area contributed by atoms with Crippen LogP contribution in [0, 0.1) is 5.82 Å². The number of para-hydroxylation sites is 1. The lowest BCUT2D eigenvalue weighted by molar-refractivity contribution is 0.534. The Morgan fingerprint density at radius 1 is 1.24 bits per heavy atom. The Hall–Kier alpha value is -1.88. The number of halogens is 2. The largest absolute Gasteiger partial charge is 0.464 e. The van der Waals surface area contributed by atoms with Gasteiger partial charge in [0.05, 0.1) is 17.3 Å². The van der Waals surface area contributed by atoms with Gasteiger partial charge < -0.3 is 4.42 Å². The number of hydrazine groups is 1. The molecule has 1 unspecified atom stereocenters. The molecule has 3 nitrogen and oxygen atoms in total. The van der Waals surface area contributed by atoms with Crippen LogP contribution in [0.25, 0.3) is 11.0 Å². The summed E-state index contributed by atoms with van der Waals surface area (Å²) >= 11 is 5.70. The van der Waals surface area contributed by atoms with Gasteiger partial charge in [-0.25, -0.2) is 4.39 Å². The molecule has 0 aliphatic carbocycles. The van der Waals surface area contributed by atoms with Crippen LogP contribution in [-0.4, -0.2) is 0 Å². The highest BCUT2D eigenvalue weighted by atomic mass is 35.5. The van der Waals surface area contributed by atoms with Gasteiger partial charge in [-0.3, -0.25) is 11.3 Å². The van der Waals surface area contributed by atoms with Gasteiger partial charge in [-0.05, 0) is 30.2 Å². The van der Waals surface area contributed by atoms with Gasteiger partial charge in [0.1, 0.15) is 11.4 Å². The van der Waals surface area contributed by atoms with Gasteiger partial charge in [0, 0.05) is 10.9 Å². The molecule has 3 rings (SSSR count). The topological polar surface area (TPSA) is 51.2 Å². The Labute approximate surface area is 126 Å². The fourth-order valence-electron chi connectivity index (χ4n) is 2.43. The molecule has 2 aromatic carbocycles. The number of fused-ring (bicyclic) bond motifs is 1. The van der Waals surface area contributed by atoms with Crippen molar-refractivity contribution in [2.75, 3.05) is 0 Å². The molecule has 0 spiro atoms. The molecule has 0 fully saturated rings. The standard InChI is InChI=1S/C16H14ClFN2O/c17-13-6-5-10(7-14(13)18)8-15(20-19)12-9-21-16-4-2-1-3-11(12)16/h1-7,9,15,20H,8,19H2. The van der Waals surface area contributed by atoms with Crippen molar-refractivity contribution in [1.82, 2.24) is 5.43 Å². The molecule has 0 amide bonds. The number of rotatable bonds is 4. The van der Waals surface area contributed by atoms with Crippen LogP contribution < -0.4 is 11.3 Å². The zero-order chi connectivity index (χ0) is 14.8. The van der Waals surface area contributed by atoms with Gasteiger partial charge in [-0.2, -0.15) is 0 Å². The van der Waals surface area contributed by atoms with Crippen molar-refractivity contribution in [2.45, 2.75) is 12.5 Å². The zero-order valence-corrected chi connectivity index (χ0v) is 11.9. The predicted octanol–water partition coefficient (Wildman–Crippen LogP) is 3.97. The molecule has 21 heavy (non-hydrogen) atoms. The van der Waals surface area contributed by atoms with Gasteiger partial charge in [-0.15, -0.1) is 0 Å². The first-order valence-electron chi connectivity index (χ1n) is 6.55. The smallest absolute Gasteiger partial charge is 0.142 e. The summed E-state index contributed by atoms with van der Waals surface area (Å²) < 4.78 is 19.0. The summed E-state index contributed by atoms with van der Waals surface area (Å²) in [7, 11) is 0. The van der Waals surface area contributed by atoms with E-state index in [4.69, 9.17) is 21.9 Å². The van der Waals surface area contributed by atoms with Crippen LogP contribution >= 0.6 is 11.6 Å². The first kappa shape index (κ1) is 14.1. The molecule has 0 radical (unpaired) electrons. The molecule has 0 saturated heterocycles. The summed E-state index contributed by atoms with van der Waals surface area (Å²) in [6.45, 7) is 0. The molecule has 3 aromatic rings. The summed E-state index contributed by atoms with van der Waals surface area (Å²) in [6.07, 6.45) is 2.22. The molecular weight excluding hydrogens is 291 g/mol. The van der Waals surface area contributed by atoms with Gasteiger partial charge in [0.25, 0.3) is 0 Å². The molecule has 1 atom stereocenters. The van der Waals surface area contributed by atoms with Crippen LogP contribution in [0.3, 0.4) is 0 Å². The third-order valence-electron chi connectivity index (χ3n) is 3.51. The number of benzene rings is 2. The van der Waals surface area contributed by atoms with Crippen molar-refractivity contribution in [3.05, 3.63) is 70.7 Å². The van der Waals surface area contributed by atoms with Gasteiger partial charge in [0.2, 0.25) is 0 Å². The highest BCUT2D eigenvalue weighted by molar-refractivity contribution is 6.30. The zero-order valence-electron chi connectivity index (χ0n) is 11.1. The average Bonchev–Trinajstić information content (AvgIpc) is 2.92. The maximum atomic E-state index is 13.5. The van der Waals surface area contributed by atoms with Crippen molar-refractivity contribution >= 4 is 22.6 Å². The second-order valence-electron chi connectivity index (χ2n) is 4.86. The highest BCUT2D eigenvalue weighted by Gasteiger charge is 2.17. The van der Waals surface area contributed by atoms with Gasteiger partial charge in [0.15, 0.2) is 0 Å². The van der Waals surface area contributed by atoms with E-state index in [-0.39, 0.29) is 11.1 Å². The fraction of sp³-hybridized carbons (Fsp3) is 0.125. The first-order valence-corrected chi connectivity index (χ1v) is 6.93. The molecule has 5 heteroatoms. The van der Waals surface area contributed by atoms with E-state index in [1.165, 1.54) is 6.07 Å². The first-order chi connectivity index (χ1) is 10.2. The summed E-state index contributed by atoms with van der Waals surface area (Å²) in [6, 6.07) is 12.3. The normalized spacial score (nSPS) is 12.7. The van der Waals surface area contributed by atoms with E-state index in [9.17, 15) is 4.39 Å². The monoisotopic (exact) mass is 304 g/mol. The maximum absolute atomic E-state index is 13.5. The Bertz CT molecular complexity index is 772. The molecule has 0 bridgehead atoms. The van der Waals surface area contributed by atoms with Gasteiger partial charge >= 0.3 is 0 Å². The third kappa shape index (κ3) is 2.78. The third-order valence-corrected chi connectivity index (χ3v) is 3.82. The molecule has 0 aliphatic heterocycles. The van der Waals surface area contributed by atoms with E-state index in [0.29, 0.717) is 6.42 Å². The summed E-state index contributed by atoms with van der Waals surface area (Å²) in [4.78, 5) is 0. The van der Waals surface area contributed by atoms with E-state index in [2.05, 4.69) is 5.43 Å². The van der Waals surface area contributed by atoms with E-state index < -0.39 is 5.82 Å².